The van der Waals surface area contributed by atoms with Crippen molar-refractivity contribution >= 4 is 41.1 Å². The minimum absolute atomic E-state index is 0.196. The maximum absolute atomic E-state index is 12.5. The smallest absolute Gasteiger partial charge is 0.330 e. The number of carbonyl (C=O) groups is 3. The highest BCUT2D eigenvalue weighted by molar-refractivity contribution is 8.00. The first kappa shape index (κ1) is 18.8. The lowest BCUT2D eigenvalue weighted by Crippen LogP contribution is -2.78. The van der Waals surface area contributed by atoms with Gasteiger partial charge in [0.2, 0.25) is 5.91 Å². The van der Waals surface area contributed by atoms with Gasteiger partial charge in [0.05, 0.1) is 12.0 Å². The Balaban J connectivity index is 1.61. The van der Waals surface area contributed by atoms with Crippen molar-refractivity contribution < 1.29 is 23.9 Å². The molecular formula is C17H19ClN2O5S. The van der Waals surface area contributed by atoms with Gasteiger partial charge in [-0.2, -0.15) is 0 Å². The SMILES string of the molecule is COC(=O)[C@@H]1N2C(=O)[C@@H](NC(=O)COc3ccccc3)[C@H]2SC[C@@]1(C)Cl. The van der Waals surface area contributed by atoms with Gasteiger partial charge in [-0.15, -0.1) is 23.4 Å². The molecule has 1 aromatic carbocycles. The number of amides is 2. The summed E-state index contributed by atoms with van der Waals surface area (Å²) in [5.41, 5.74) is 0. The first-order chi connectivity index (χ1) is 12.3. The molecule has 0 aromatic heterocycles. The minimum atomic E-state index is -0.921. The molecule has 1 N–H and O–H groups in total. The number of halogens is 1. The van der Waals surface area contributed by atoms with Crippen LogP contribution >= 0.6 is 23.4 Å². The second kappa shape index (κ2) is 7.36. The van der Waals surface area contributed by atoms with Gasteiger partial charge in [-0.05, 0) is 19.1 Å². The number of methoxy groups -OCH3 is 1. The second-order valence-electron chi connectivity index (χ2n) is 6.30. The fourth-order valence-electron chi connectivity index (χ4n) is 3.04. The molecule has 3 rings (SSSR count). The van der Waals surface area contributed by atoms with E-state index < -0.39 is 28.8 Å². The van der Waals surface area contributed by atoms with E-state index in [4.69, 9.17) is 21.1 Å². The van der Waals surface area contributed by atoms with Crippen molar-refractivity contribution in [3.63, 3.8) is 0 Å². The Labute approximate surface area is 160 Å². The van der Waals surface area contributed by atoms with Gasteiger partial charge in [0, 0.05) is 5.75 Å². The van der Waals surface area contributed by atoms with Crippen LogP contribution in [0.3, 0.4) is 0 Å². The Bertz CT molecular complexity index is 714. The van der Waals surface area contributed by atoms with E-state index in [2.05, 4.69) is 5.32 Å². The number of carbonyl (C=O) groups excluding carboxylic acids is 3. The lowest BCUT2D eigenvalue weighted by atomic mass is 9.94. The summed E-state index contributed by atoms with van der Waals surface area (Å²) in [5, 5.41) is 2.32. The Morgan fingerprint density at radius 1 is 1.38 bits per heavy atom. The summed E-state index contributed by atoms with van der Waals surface area (Å²) in [6, 6.07) is 7.35. The maximum atomic E-state index is 12.5. The van der Waals surface area contributed by atoms with Crippen LogP contribution in [0.15, 0.2) is 30.3 Å². The van der Waals surface area contributed by atoms with E-state index in [1.165, 1.54) is 23.8 Å². The predicted octanol–water partition coefficient (Wildman–Crippen LogP) is 1.00. The minimum Gasteiger partial charge on any atom is -0.484 e. The summed E-state index contributed by atoms with van der Waals surface area (Å²) in [4.78, 5) is 37.2. The van der Waals surface area contributed by atoms with Crippen LogP contribution in [0.25, 0.3) is 0 Å². The molecule has 2 fully saturated rings. The van der Waals surface area contributed by atoms with Gasteiger partial charge in [-0.25, -0.2) is 4.79 Å². The van der Waals surface area contributed by atoms with Crippen molar-refractivity contribution in [1.82, 2.24) is 10.2 Å². The fraction of sp³-hybridized carbons (Fsp3) is 0.471. The van der Waals surface area contributed by atoms with E-state index in [0.29, 0.717) is 11.5 Å². The highest BCUT2D eigenvalue weighted by atomic mass is 35.5. The Morgan fingerprint density at radius 2 is 2.08 bits per heavy atom. The van der Waals surface area contributed by atoms with Gasteiger partial charge in [-0.1, -0.05) is 18.2 Å². The number of β-lactam (4-membered cyclic amide) rings is 1. The number of nitrogens with one attached hydrogen (secondary N) is 1. The van der Waals surface area contributed by atoms with Crippen molar-refractivity contribution in [2.24, 2.45) is 0 Å². The van der Waals surface area contributed by atoms with Crippen LogP contribution in [0.1, 0.15) is 6.92 Å². The number of rotatable bonds is 5. The normalized spacial score (nSPS) is 30.0. The summed E-state index contributed by atoms with van der Waals surface area (Å²) in [6.07, 6.45) is 0. The third-order valence-corrected chi connectivity index (χ3v) is 6.42. The Morgan fingerprint density at radius 3 is 2.73 bits per heavy atom. The molecule has 2 saturated heterocycles. The second-order valence-corrected chi connectivity index (χ2v) is 8.27. The summed E-state index contributed by atoms with van der Waals surface area (Å²) in [5.74, 6) is -0.285. The molecule has 9 heteroatoms. The predicted molar refractivity (Wildman–Crippen MR) is 97.0 cm³/mol. The van der Waals surface area contributed by atoms with E-state index >= 15 is 0 Å². The summed E-state index contributed by atoms with van der Waals surface area (Å²) < 4.78 is 10.2. The molecule has 0 spiro atoms. The van der Waals surface area contributed by atoms with Crippen molar-refractivity contribution in [2.45, 2.75) is 29.3 Å². The molecule has 0 radical (unpaired) electrons. The zero-order valence-electron chi connectivity index (χ0n) is 14.3. The average molecular weight is 399 g/mol. The van der Waals surface area contributed by atoms with Crippen LogP contribution in [0, 0.1) is 0 Å². The highest BCUT2D eigenvalue weighted by Crippen LogP contribution is 2.45. The molecule has 2 amide bonds. The molecule has 0 saturated carbocycles. The molecule has 2 aliphatic rings. The van der Waals surface area contributed by atoms with E-state index in [-0.39, 0.29) is 17.9 Å². The van der Waals surface area contributed by atoms with Gasteiger partial charge >= 0.3 is 5.97 Å². The largest absolute Gasteiger partial charge is 0.484 e. The highest BCUT2D eigenvalue weighted by Gasteiger charge is 2.61. The number of benzene rings is 1. The molecule has 0 unspecified atom stereocenters. The van der Waals surface area contributed by atoms with Crippen LogP contribution in [-0.2, 0) is 19.1 Å². The number of fused-ring (bicyclic) bond motifs is 1. The molecule has 4 atom stereocenters. The monoisotopic (exact) mass is 398 g/mol. The first-order valence-electron chi connectivity index (χ1n) is 8.03. The molecule has 1 aromatic rings. The Kier molecular flexibility index (Phi) is 5.34. The van der Waals surface area contributed by atoms with E-state index in [1.54, 1.807) is 31.2 Å². The van der Waals surface area contributed by atoms with Crippen LogP contribution in [0.4, 0.5) is 0 Å². The van der Waals surface area contributed by atoms with Crippen LogP contribution in [0.2, 0.25) is 0 Å². The van der Waals surface area contributed by atoms with Crippen molar-refractivity contribution in [1.29, 1.82) is 0 Å². The van der Waals surface area contributed by atoms with Crippen LogP contribution < -0.4 is 10.1 Å². The summed E-state index contributed by atoms with van der Waals surface area (Å²) in [7, 11) is 1.26. The van der Waals surface area contributed by atoms with Gasteiger partial charge < -0.3 is 19.7 Å². The number of alkyl halides is 1. The number of esters is 1. The van der Waals surface area contributed by atoms with E-state index in [9.17, 15) is 14.4 Å². The summed E-state index contributed by atoms with van der Waals surface area (Å²) in [6.45, 7) is 1.51. The van der Waals surface area contributed by atoms with Gasteiger partial charge in [-0.3, -0.25) is 9.59 Å². The molecule has 2 heterocycles. The van der Waals surface area contributed by atoms with Crippen molar-refractivity contribution in [2.75, 3.05) is 19.5 Å². The lowest BCUT2D eigenvalue weighted by molar-refractivity contribution is -0.165. The van der Waals surface area contributed by atoms with Crippen LogP contribution in [0.5, 0.6) is 5.75 Å². The third kappa shape index (κ3) is 3.48. The first-order valence-corrected chi connectivity index (χ1v) is 9.45. The van der Waals surface area contributed by atoms with E-state index in [1.807, 2.05) is 6.07 Å². The topological polar surface area (TPSA) is 84.9 Å². The van der Waals surface area contributed by atoms with Gasteiger partial charge in [0.15, 0.2) is 12.6 Å². The van der Waals surface area contributed by atoms with Crippen LogP contribution in [-0.4, -0.2) is 64.5 Å². The summed E-state index contributed by atoms with van der Waals surface area (Å²) >= 11 is 7.85. The molecule has 2 aliphatic heterocycles. The zero-order chi connectivity index (χ0) is 18.9. The maximum Gasteiger partial charge on any atom is 0.330 e. The molecule has 26 heavy (non-hydrogen) atoms. The van der Waals surface area contributed by atoms with Crippen molar-refractivity contribution in [3.05, 3.63) is 30.3 Å². The Hall–Kier alpha value is -1.93. The van der Waals surface area contributed by atoms with E-state index in [0.717, 1.165) is 0 Å². The quantitative estimate of drug-likeness (QED) is 0.452. The zero-order valence-corrected chi connectivity index (χ0v) is 15.9. The standard InChI is InChI=1S/C17H19ClN2O5S/c1-17(18)9-26-15-12(14(22)20(15)13(17)16(23)24-2)19-11(21)8-25-10-6-4-3-5-7-10/h3-7,12-13,15H,8-9H2,1-2H3,(H,19,21)/t12-,13+,15-,17-/m1/s1. The average Bonchev–Trinajstić information content (AvgIpc) is 2.64. The number of para-hydroxylation sites is 1. The lowest BCUT2D eigenvalue weighted by Gasteiger charge is -2.56. The molecule has 0 aliphatic carbocycles. The number of nitrogens with zero attached hydrogens (tertiary/aromatic N) is 1. The molecule has 140 valence electrons. The molecule has 7 nitrogen and oxygen atoms in total. The fourth-order valence-corrected chi connectivity index (χ4v) is 4.84. The number of hydrogen-bond donors (Lipinski definition) is 1. The number of hydrogen-bond acceptors (Lipinski definition) is 6. The number of thioether (sulfide) groups is 1. The number of ether oxygens (including phenoxy) is 2. The van der Waals surface area contributed by atoms with Gasteiger partial charge in [0.25, 0.3) is 5.91 Å². The van der Waals surface area contributed by atoms with Crippen molar-refractivity contribution in [3.8, 4) is 5.75 Å². The third-order valence-electron chi connectivity index (χ3n) is 4.32. The molecule has 0 bridgehead atoms. The molecular weight excluding hydrogens is 380 g/mol. The van der Waals surface area contributed by atoms with Gasteiger partial charge in [0.1, 0.15) is 17.2 Å².